The molecular weight excluding hydrogens is 254 g/mol. The molecule has 4 nitrogen and oxygen atoms in total. The normalized spacial score (nSPS) is 12.4. The molecular formula is C13H12F2N2O2. The Morgan fingerprint density at radius 3 is 2.84 bits per heavy atom. The smallest absolute Gasteiger partial charge is 0.306 e. The van der Waals surface area contributed by atoms with E-state index in [1.54, 1.807) is 6.92 Å². The second-order valence-electron chi connectivity index (χ2n) is 4.31. The maximum absolute atomic E-state index is 13.6. The summed E-state index contributed by atoms with van der Waals surface area (Å²) in [6.45, 7) is 1.56. The van der Waals surface area contributed by atoms with Crippen molar-refractivity contribution in [2.24, 2.45) is 5.92 Å². The molecule has 2 aromatic rings. The highest BCUT2D eigenvalue weighted by Gasteiger charge is 2.15. The fourth-order valence-corrected chi connectivity index (χ4v) is 1.69. The van der Waals surface area contributed by atoms with Crippen molar-refractivity contribution in [2.45, 2.75) is 13.3 Å². The molecule has 100 valence electrons. The second-order valence-corrected chi connectivity index (χ2v) is 4.31. The van der Waals surface area contributed by atoms with E-state index in [0.717, 1.165) is 12.1 Å². The van der Waals surface area contributed by atoms with E-state index in [2.05, 4.69) is 9.97 Å². The second kappa shape index (κ2) is 5.17. The van der Waals surface area contributed by atoms with Crippen LogP contribution in [0.1, 0.15) is 12.7 Å². The monoisotopic (exact) mass is 266 g/mol. The highest BCUT2D eigenvalue weighted by atomic mass is 19.1. The third kappa shape index (κ3) is 2.96. The van der Waals surface area contributed by atoms with Crippen molar-refractivity contribution in [3.63, 3.8) is 0 Å². The van der Waals surface area contributed by atoms with Gasteiger partial charge in [-0.15, -0.1) is 0 Å². The number of nitrogens with zero attached hydrogens (tertiary/aromatic N) is 1. The topological polar surface area (TPSA) is 66.0 Å². The third-order valence-corrected chi connectivity index (χ3v) is 2.77. The average Bonchev–Trinajstić information content (AvgIpc) is 2.77. The first-order chi connectivity index (χ1) is 8.97. The largest absolute Gasteiger partial charge is 0.481 e. The Labute approximate surface area is 108 Å². The van der Waals surface area contributed by atoms with Crippen molar-refractivity contribution in [3.05, 3.63) is 41.9 Å². The van der Waals surface area contributed by atoms with Crippen molar-refractivity contribution in [2.75, 3.05) is 0 Å². The molecule has 0 saturated heterocycles. The van der Waals surface area contributed by atoms with Crippen LogP contribution in [0.3, 0.4) is 0 Å². The Bertz CT molecular complexity index is 610. The van der Waals surface area contributed by atoms with Crippen LogP contribution in [0.5, 0.6) is 0 Å². The molecule has 2 N–H and O–H groups in total. The molecule has 19 heavy (non-hydrogen) atoms. The number of H-pyrrole nitrogens is 1. The van der Waals surface area contributed by atoms with Crippen LogP contribution in [-0.2, 0) is 11.2 Å². The van der Waals surface area contributed by atoms with E-state index in [1.165, 1.54) is 12.3 Å². The molecule has 0 amide bonds. The molecule has 0 aliphatic carbocycles. The van der Waals surface area contributed by atoms with Gasteiger partial charge in [0, 0.05) is 18.1 Å². The minimum Gasteiger partial charge on any atom is -0.481 e. The number of carboxylic acids is 1. The first-order valence-corrected chi connectivity index (χ1v) is 5.69. The van der Waals surface area contributed by atoms with Gasteiger partial charge in [0.05, 0.1) is 17.8 Å². The quantitative estimate of drug-likeness (QED) is 0.894. The lowest BCUT2D eigenvalue weighted by molar-refractivity contribution is -0.141. The van der Waals surface area contributed by atoms with E-state index in [1.807, 2.05) is 0 Å². The van der Waals surface area contributed by atoms with Crippen LogP contribution in [0.15, 0.2) is 24.4 Å². The van der Waals surface area contributed by atoms with Gasteiger partial charge in [-0.05, 0) is 12.1 Å². The van der Waals surface area contributed by atoms with Crippen molar-refractivity contribution in [3.8, 4) is 11.3 Å². The van der Waals surface area contributed by atoms with Gasteiger partial charge in [0.25, 0.3) is 0 Å². The van der Waals surface area contributed by atoms with E-state index in [0.29, 0.717) is 11.5 Å². The van der Waals surface area contributed by atoms with Gasteiger partial charge in [0.15, 0.2) is 0 Å². The highest BCUT2D eigenvalue weighted by molar-refractivity contribution is 5.69. The number of aromatic amines is 1. The van der Waals surface area contributed by atoms with E-state index >= 15 is 0 Å². The predicted molar refractivity (Wildman–Crippen MR) is 64.4 cm³/mol. The Morgan fingerprint density at radius 1 is 1.47 bits per heavy atom. The number of imidazole rings is 1. The van der Waals surface area contributed by atoms with Crippen molar-refractivity contribution >= 4 is 5.97 Å². The predicted octanol–water partition coefficient (Wildman–Crippen LogP) is 2.62. The number of benzene rings is 1. The number of hydrogen-bond donors (Lipinski definition) is 2. The molecule has 1 unspecified atom stereocenters. The Balaban J connectivity index is 2.23. The zero-order valence-electron chi connectivity index (χ0n) is 10.2. The SMILES string of the molecule is CC(Cc1ncc(-c2ccc(F)cc2F)[nH]1)C(=O)O. The fraction of sp³-hybridized carbons (Fsp3) is 0.231. The zero-order valence-corrected chi connectivity index (χ0v) is 10.2. The minimum absolute atomic E-state index is 0.197. The van der Waals surface area contributed by atoms with Crippen molar-refractivity contribution in [1.29, 1.82) is 0 Å². The van der Waals surface area contributed by atoms with Gasteiger partial charge in [-0.1, -0.05) is 6.92 Å². The highest BCUT2D eigenvalue weighted by Crippen LogP contribution is 2.22. The van der Waals surface area contributed by atoms with Crippen LogP contribution < -0.4 is 0 Å². The van der Waals surface area contributed by atoms with E-state index in [4.69, 9.17) is 5.11 Å². The number of halogens is 2. The molecule has 0 bridgehead atoms. The van der Waals surface area contributed by atoms with Gasteiger partial charge in [-0.3, -0.25) is 4.79 Å². The number of hydrogen-bond acceptors (Lipinski definition) is 2. The van der Waals surface area contributed by atoms with E-state index in [-0.39, 0.29) is 12.0 Å². The summed E-state index contributed by atoms with van der Waals surface area (Å²) in [6, 6.07) is 3.25. The summed E-state index contributed by atoms with van der Waals surface area (Å²) in [5.41, 5.74) is 0.591. The average molecular weight is 266 g/mol. The van der Waals surface area contributed by atoms with Crippen LogP contribution >= 0.6 is 0 Å². The number of carbonyl (C=O) groups is 1. The van der Waals surface area contributed by atoms with Crippen LogP contribution in [-0.4, -0.2) is 21.0 Å². The number of carboxylic acid groups (broad SMARTS) is 1. The van der Waals surface area contributed by atoms with Gasteiger partial charge >= 0.3 is 5.97 Å². The number of aliphatic carboxylic acids is 1. The van der Waals surface area contributed by atoms with Gasteiger partial charge in [0.1, 0.15) is 17.5 Å². The zero-order chi connectivity index (χ0) is 14.0. The fourth-order valence-electron chi connectivity index (χ4n) is 1.69. The van der Waals surface area contributed by atoms with Gasteiger partial charge in [-0.2, -0.15) is 0 Å². The molecule has 0 aliphatic rings. The first kappa shape index (κ1) is 13.2. The Morgan fingerprint density at radius 2 is 2.21 bits per heavy atom. The Hall–Kier alpha value is -2.24. The molecule has 0 aliphatic heterocycles. The summed E-state index contributed by atoms with van der Waals surface area (Å²) in [7, 11) is 0. The molecule has 1 atom stereocenters. The van der Waals surface area contributed by atoms with Gasteiger partial charge in [0.2, 0.25) is 0 Å². The molecule has 0 fully saturated rings. The first-order valence-electron chi connectivity index (χ1n) is 5.69. The lowest BCUT2D eigenvalue weighted by Gasteiger charge is -2.03. The summed E-state index contributed by atoms with van der Waals surface area (Å²) in [4.78, 5) is 17.6. The lowest BCUT2D eigenvalue weighted by Crippen LogP contribution is -2.13. The summed E-state index contributed by atoms with van der Waals surface area (Å²) in [5, 5.41) is 8.80. The molecule has 0 radical (unpaired) electrons. The van der Waals surface area contributed by atoms with Crippen LogP contribution in [0.2, 0.25) is 0 Å². The number of rotatable bonds is 4. The molecule has 0 saturated carbocycles. The van der Waals surface area contributed by atoms with Crippen LogP contribution in [0.25, 0.3) is 11.3 Å². The molecule has 6 heteroatoms. The maximum atomic E-state index is 13.6. The summed E-state index contributed by atoms with van der Waals surface area (Å²) < 4.78 is 26.4. The van der Waals surface area contributed by atoms with Crippen LogP contribution in [0, 0.1) is 17.6 Å². The summed E-state index contributed by atoms with van der Waals surface area (Å²) >= 11 is 0. The molecule has 1 aromatic carbocycles. The van der Waals surface area contributed by atoms with E-state index < -0.39 is 23.5 Å². The lowest BCUT2D eigenvalue weighted by atomic mass is 10.1. The standard InChI is InChI=1S/C13H12F2N2O2/c1-7(13(18)19)4-12-16-6-11(17-12)9-3-2-8(14)5-10(9)15/h2-3,5-7H,4H2,1H3,(H,16,17)(H,18,19). The summed E-state index contributed by atoms with van der Waals surface area (Å²) in [5.74, 6) is -2.40. The Kier molecular flexibility index (Phi) is 3.59. The maximum Gasteiger partial charge on any atom is 0.306 e. The number of aromatic nitrogens is 2. The molecule has 2 rings (SSSR count). The van der Waals surface area contributed by atoms with E-state index in [9.17, 15) is 13.6 Å². The van der Waals surface area contributed by atoms with Crippen LogP contribution in [0.4, 0.5) is 8.78 Å². The van der Waals surface area contributed by atoms with Gasteiger partial charge in [-0.25, -0.2) is 13.8 Å². The molecule has 0 spiro atoms. The van der Waals surface area contributed by atoms with Gasteiger partial charge < -0.3 is 10.1 Å². The van der Waals surface area contributed by atoms with Crippen molar-refractivity contribution in [1.82, 2.24) is 9.97 Å². The molecule has 1 aromatic heterocycles. The summed E-state index contributed by atoms with van der Waals surface area (Å²) in [6.07, 6.45) is 1.62. The van der Waals surface area contributed by atoms with Crippen molar-refractivity contribution < 1.29 is 18.7 Å². The molecule has 1 heterocycles. The third-order valence-electron chi connectivity index (χ3n) is 2.77. The minimum atomic E-state index is -0.925. The number of nitrogens with one attached hydrogen (secondary N) is 1.